The summed E-state index contributed by atoms with van der Waals surface area (Å²) < 4.78 is 19.9. The summed E-state index contributed by atoms with van der Waals surface area (Å²) in [5.41, 5.74) is 0.498. The highest BCUT2D eigenvalue weighted by atomic mass is 31.2. The summed E-state index contributed by atoms with van der Waals surface area (Å²) in [4.78, 5) is 6.30. The van der Waals surface area contributed by atoms with Crippen LogP contribution >= 0.6 is 7.14 Å². The lowest BCUT2D eigenvalue weighted by molar-refractivity contribution is 0.522. The average molecular weight is 326 g/mol. The van der Waals surface area contributed by atoms with E-state index >= 15 is 0 Å². The molecule has 5 heteroatoms. The minimum absolute atomic E-state index is 0.498. The number of oxazole rings is 1. The number of hydrogen-bond donors (Lipinski definition) is 0. The molecular formula is C18H19N2O2P. The monoisotopic (exact) mass is 326 g/mol. The van der Waals surface area contributed by atoms with E-state index in [2.05, 4.69) is 4.98 Å². The van der Waals surface area contributed by atoms with E-state index in [0.717, 1.165) is 10.6 Å². The van der Waals surface area contributed by atoms with Crippen LogP contribution in [0.2, 0.25) is 0 Å². The van der Waals surface area contributed by atoms with Gasteiger partial charge in [0.2, 0.25) is 5.88 Å². The fourth-order valence-electron chi connectivity index (χ4n) is 2.57. The first-order chi connectivity index (χ1) is 11.0. The van der Waals surface area contributed by atoms with Gasteiger partial charge < -0.3 is 13.9 Å². The zero-order valence-corrected chi connectivity index (χ0v) is 14.3. The second kappa shape index (κ2) is 6.05. The lowest BCUT2D eigenvalue weighted by Gasteiger charge is -2.20. The van der Waals surface area contributed by atoms with E-state index in [0.29, 0.717) is 17.2 Å². The van der Waals surface area contributed by atoms with E-state index in [1.807, 2.05) is 79.7 Å². The molecular weight excluding hydrogens is 307 g/mol. The minimum Gasteiger partial charge on any atom is -0.425 e. The standard InChI is InChI=1S/C18H19N2O2P/c1-14-19-17(18(22-14)20(2)3)23(21,15-10-6-4-7-11-15)16-12-8-5-9-13-16/h4-13H,1-3H3. The maximum atomic E-state index is 14.2. The highest BCUT2D eigenvalue weighted by Crippen LogP contribution is 2.44. The molecule has 3 aromatic rings. The maximum absolute atomic E-state index is 14.2. The van der Waals surface area contributed by atoms with Crippen molar-refractivity contribution < 1.29 is 8.98 Å². The third-order valence-electron chi connectivity index (χ3n) is 3.64. The van der Waals surface area contributed by atoms with Gasteiger partial charge in [-0.3, -0.25) is 0 Å². The molecule has 0 unspecified atom stereocenters. The smallest absolute Gasteiger partial charge is 0.227 e. The van der Waals surface area contributed by atoms with Gasteiger partial charge in [-0.25, -0.2) is 4.98 Å². The Morgan fingerprint density at radius 3 is 1.83 bits per heavy atom. The van der Waals surface area contributed by atoms with Crippen LogP contribution in [-0.4, -0.2) is 19.1 Å². The summed E-state index contributed by atoms with van der Waals surface area (Å²) in [6.07, 6.45) is 0. The first-order valence-corrected chi connectivity index (χ1v) is 9.11. The molecule has 0 atom stereocenters. The number of aromatic nitrogens is 1. The van der Waals surface area contributed by atoms with Crippen LogP contribution in [0.25, 0.3) is 0 Å². The van der Waals surface area contributed by atoms with Gasteiger partial charge in [0.15, 0.2) is 18.5 Å². The zero-order chi connectivity index (χ0) is 16.4. The van der Waals surface area contributed by atoms with Crippen LogP contribution in [0.3, 0.4) is 0 Å². The Morgan fingerprint density at radius 2 is 1.39 bits per heavy atom. The molecule has 118 valence electrons. The summed E-state index contributed by atoms with van der Waals surface area (Å²) >= 11 is 0. The highest BCUT2D eigenvalue weighted by molar-refractivity contribution is 7.85. The van der Waals surface area contributed by atoms with E-state index in [4.69, 9.17) is 4.42 Å². The number of rotatable bonds is 4. The van der Waals surface area contributed by atoms with E-state index in [9.17, 15) is 4.57 Å². The predicted molar refractivity (Wildman–Crippen MR) is 95.0 cm³/mol. The SMILES string of the molecule is Cc1nc(P(=O)(c2ccccc2)c2ccccc2)c(N(C)C)o1. The Kier molecular flexibility index (Phi) is 4.10. The quantitative estimate of drug-likeness (QED) is 0.692. The molecule has 0 spiro atoms. The summed E-state index contributed by atoms with van der Waals surface area (Å²) in [5.74, 6) is 1.05. The largest absolute Gasteiger partial charge is 0.425 e. The molecule has 0 N–H and O–H groups in total. The van der Waals surface area contributed by atoms with Crippen molar-refractivity contribution >= 4 is 29.1 Å². The fraction of sp³-hybridized carbons (Fsp3) is 0.167. The Balaban J connectivity index is 2.33. The van der Waals surface area contributed by atoms with Gasteiger partial charge in [0.25, 0.3) is 0 Å². The van der Waals surface area contributed by atoms with Gasteiger partial charge in [0.05, 0.1) is 0 Å². The van der Waals surface area contributed by atoms with Crippen molar-refractivity contribution in [3.05, 3.63) is 66.6 Å². The Labute approximate surface area is 136 Å². The molecule has 2 aromatic carbocycles. The second-order valence-electron chi connectivity index (χ2n) is 5.54. The first-order valence-electron chi connectivity index (χ1n) is 7.40. The summed E-state index contributed by atoms with van der Waals surface area (Å²) in [5, 5.41) is 1.50. The number of benzene rings is 2. The summed E-state index contributed by atoms with van der Waals surface area (Å²) in [6, 6.07) is 19.0. The molecule has 3 rings (SSSR count). The lowest BCUT2D eigenvalue weighted by Crippen LogP contribution is -2.29. The molecule has 4 nitrogen and oxygen atoms in total. The van der Waals surface area contributed by atoms with E-state index in [1.54, 1.807) is 6.92 Å². The van der Waals surface area contributed by atoms with Crippen molar-refractivity contribution in [3.63, 3.8) is 0 Å². The van der Waals surface area contributed by atoms with Crippen LogP contribution in [0, 0.1) is 6.92 Å². The van der Waals surface area contributed by atoms with Gasteiger partial charge in [-0.05, 0) is 0 Å². The van der Waals surface area contributed by atoms with Crippen molar-refractivity contribution in [3.8, 4) is 0 Å². The Hall–Kier alpha value is -2.32. The van der Waals surface area contributed by atoms with Crippen molar-refractivity contribution in [1.82, 2.24) is 4.98 Å². The molecule has 0 amide bonds. The first kappa shape index (κ1) is 15.6. The van der Waals surface area contributed by atoms with Gasteiger partial charge in [-0.1, -0.05) is 60.7 Å². The summed E-state index contributed by atoms with van der Waals surface area (Å²) in [7, 11) is 0.636. The molecule has 0 radical (unpaired) electrons. The third-order valence-corrected chi connectivity index (χ3v) is 6.58. The molecule has 0 aliphatic rings. The lowest BCUT2D eigenvalue weighted by atomic mass is 10.4. The van der Waals surface area contributed by atoms with Gasteiger partial charge >= 0.3 is 0 Å². The van der Waals surface area contributed by atoms with E-state index in [1.165, 1.54) is 0 Å². The number of aryl methyl sites for hydroxylation is 1. The Bertz CT molecular complexity index is 798. The molecule has 23 heavy (non-hydrogen) atoms. The van der Waals surface area contributed by atoms with E-state index in [-0.39, 0.29) is 0 Å². The van der Waals surface area contributed by atoms with E-state index < -0.39 is 7.14 Å². The van der Waals surface area contributed by atoms with Crippen LogP contribution in [-0.2, 0) is 4.57 Å². The topological polar surface area (TPSA) is 46.3 Å². The van der Waals surface area contributed by atoms with Crippen molar-refractivity contribution in [2.45, 2.75) is 6.92 Å². The second-order valence-corrected chi connectivity index (χ2v) is 8.21. The minimum atomic E-state index is -3.09. The van der Waals surface area contributed by atoms with Crippen molar-refractivity contribution in [2.24, 2.45) is 0 Å². The van der Waals surface area contributed by atoms with Gasteiger partial charge in [-0.2, -0.15) is 0 Å². The third kappa shape index (κ3) is 2.71. The molecule has 0 aliphatic heterocycles. The zero-order valence-electron chi connectivity index (χ0n) is 13.4. The summed E-state index contributed by atoms with van der Waals surface area (Å²) in [6.45, 7) is 1.77. The molecule has 0 saturated heterocycles. The van der Waals surface area contributed by atoms with Crippen molar-refractivity contribution in [1.29, 1.82) is 0 Å². The average Bonchev–Trinajstić information content (AvgIpc) is 2.98. The maximum Gasteiger partial charge on any atom is 0.227 e. The van der Waals surface area contributed by atoms with Crippen LogP contribution in [0.15, 0.2) is 65.1 Å². The Morgan fingerprint density at radius 1 is 0.913 bits per heavy atom. The molecule has 1 aromatic heterocycles. The molecule has 0 saturated carbocycles. The molecule has 1 heterocycles. The fourth-order valence-corrected chi connectivity index (χ4v) is 5.34. The van der Waals surface area contributed by atoms with Crippen LogP contribution in [0.4, 0.5) is 5.88 Å². The van der Waals surface area contributed by atoms with Crippen LogP contribution in [0.1, 0.15) is 5.89 Å². The highest BCUT2D eigenvalue weighted by Gasteiger charge is 2.36. The molecule has 0 bridgehead atoms. The molecule has 0 aliphatic carbocycles. The van der Waals surface area contributed by atoms with Gasteiger partial charge in [0, 0.05) is 31.6 Å². The predicted octanol–water partition coefficient (Wildman–Crippen LogP) is 2.69. The number of nitrogens with zero attached hydrogens (tertiary/aromatic N) is 2. The van der Waals surface area contributed by atoms with Crippen molar-refractivity contribution in [2.75, 3.05) is 19.0 Å². The number of anilines is 1. The molecule has 0 fully saturated rings. The normalized spacial score (nSPS) is 11.4. The van der Waals surface area contributed by atoms with Gasteiger partial charge in [-0.15, -0.1) is 0 Å². The van der Waals surface area contributed by atoms with Gasteiger partial charge in [0.1, 0.15) is 0 Å². The number of hydrogen-bond acceptors (Lipinski definition) is 4. The van der Waals surface area contributed by atoms with Crippen LogP contribution < -0.4 is 20.9 Å². The van der Waals surface area contributed by atoms with Crippen LogP contribution in [0.5, 0.6) is 0 Å².